The molecule has 1 atom stereocenters. The molecular formula is C18H13Cl2N5O3. The second kappa shape index (κ2) is 6.81. The smallest absolute Gasteiger partial charge is 0.338 e. The van der Waals surface area contributed by atoms with Crippen molar-refractivity contribution in [3.63, 3.8) is 0 Å². The molecule has 0 aliphatic heterocycles. The molecule has 0 saturated heterocycles. The summed E-state index contributed by atoms with van der Waals surface area (Å²) in [6.07, 6.45) is 4.20. The maximum Gasteiger partial charge on any atom is 0.338 e. The number of aromatic carboxylic acids is 1. The molecule has 1 aromatic carbocycles. The highest BCUT2D eigenvalue weighted by Gasteiger charge is 2.18. The third-order valence-electron chi connectivity index (χ3n) is 4.43. The molecule has 0 radical (unpaired) electrons. The molecule has 0 aliphatic rings. The quantitative estimate of drug-likeness (QED) is 0.528. The van der Waals surface area contributed by atoms with Crippen molar-refractivity contribution in [2.45, 2.75) is 13.0 Å². The molecule has 8 nitrogen and oxygen atoms in total. The second-order valence-corrected chi connectivity index (χ2v) is 7.01. The number of carbonyl (C=O) groups is 1. The van der Waals surface area contributed by atoms with E-state index in [1.54, 1.807) is 35.0 Å². The highest BCUT2D eigenvalue weighted by Crippen LogP contribution is 2.30. The highest BCUT2D eigenvalue weighted by atomic mass is 35.5. The van der Waals surface area contributed by atoms with Crippen LogP contribution in [0.1, 0.15) is 28.9 Å². The van der Waals surface area contributed by atoms with E-state index in [1.807, 2.05) is 6.92 Å². The number of aromatic nitrogens is 5. The third kappa shape index (κ3) is 3.06. The Labute approximate surface area is 168 Å². The van der Waals surface area contributed by atoms with Gasteiger partial charge in [0.1, 0.15) is 5.52 Å². The van der Waals surface area contributed by atoms with Gasteiger partial charge in [0.05, 0.1) is 23.3 Å². The number of hydrogen-bond acceptors (Lipinski definition) is 4. The molecule has 0 amide bonds. The van der Waals surface area contributed by atoms with Crippen LogP contribution in [0.2, 0.25) is 10.0 Å². The third-order valence-corrected chi connectivity index (χ3v) is 5.01. The summed E-state index contributed by atoms with van der Waals surface area (Å²) in [6, 6.07) is 6.60. The Bertz CT molecular complexity index is 1270. The van der Waals surface area contributed by atoms with E-state index in [4.69, 9.17) is 28.3 Å². The molecule has 3 heterocycles. The van der Waals surface area contributed by atoms with Crippen LogP contribution in [0.5, 0.6) is 0 Å². The number of H-pyrrole nitrogens is 1. The normalized spacial score (nSPS) is 12.4. The molecule has 4 aromatic rings. The summed E-state index contributed by atoms with van der Waals surface area (Å²) in [5.41, 5.74) is 1.18. The van der Waals surface area contributed by atoms with Crippen LogP contribution in [-0.4, -0.2) is 35.4 Å². The fourth-order valence-corrected chi connectivity index (χ4v) is 3.48. The first kappa shape index (κ1) is 18.3. The maximum absolute atomic E-state index is 12.8. The average molecular weight is 418 g/mol. The van der Waals surface area contributed by atoms with E-state index in [9.17, 15) is 9.59 Å². The molecule has 142 valence electrons. The molecule has 28 heavy (non-hydrogen) atoms. The van der Waals surface area contributed by atoms with E-state index in [0.717, 1.165) is 5.56 Å². The van der Waals surface area contributed by atoms with Crippen molar-refractivity contribution in [2.24, 2.45) is 0 Å². The van der Waals surface area contributed by atoms with Crippen molar-refractivity contribution in [2.75, 3.05) is 0 Å². The zero-order valence-electron chi connectivity index (χ0n) is 14.4. The fourth-order valence-electron chi connectivity index (χ4n) is 3.03. The standard InChI is InChI=1S/C18H13Cl2N5O3/c1-9(12-6-11(19)2-3-13(12)20)24-5-4-14-15(24)16(26)23-18(22-14)25-8-10(7-21-25)17(27)28/h2-9H,1H3,(H,27,28)(H,22,23,26)/t9-/m0/s1. The summed E-state index contributed by atoms with van der Waals surface area (Å²) in [5, 5.41) is 14.0. The number of halogens is 2. The molecule has 10 heteroatoms. The van der Waals surface area contributed by atoms with Crippen LogP contribution in [0.3, 0.4) is 0 Å². The Kier molecular flexibility index (Phi) is 4.44. The Morgan fingerprint density at radius 2 is 2.07 bits per heavy atom. The SMILES string of the molecule is C[C@@H](c1cc(Cl)ccc1Cl)n1ccc2nc(-n3cc(C(=O)O)cn3)[nH]c(=O)c21. The minimum atomic E-state index is -1.12. The number of nitrogens with one attached hydrogen (secondary N) is 1. The van der Waals surface area contributed by atoms with E-state index in [-0.39, 0.29) is 23.1 Å². The lowest BCUT2D eigenvalue weighted by Crippen LogP contribution is -2.18. The predicted octanol–water partition coefficient (Wildman–Crippen LogP) is 3.52. The van der Waals surface area contributed by atoms with Gasteiger partial charge in [0, 0.05) is 22.4 Å². The summed E-state index contributed by atoms with van der Waals surface area (Å²) >= 11 is 12.4. The summed E-state index contributed by atoms with van der Waals surface area (Å²) in [5.74, 6) is -0.996. The van der Waals surface area contributed by atoms with Crippen LogP contribution in [-0.2, 0) is 0 Å². The van der Waals surface area contributed by atoms with Gasteiger partial charge in [-0.05, 0) is 36.8 Å². The first-order chi connectivity index (χ1) is 13.3. The average Bonchev–Trinajstić information content (AvgIpc) is 3.30. The number of benzene rings is 1. The van der Waals surface area contributed by atoms with Crippen molar-refractivity contribution in [3.8, 4) is 5.95 Å². The first-order valence-electron chi connectivity index (χ1n) is 8.19. The lowest BCUT2D eigenvalue weighted by Gasteiger charge is -2.17. The summed E-state index contributed by atoms with van der Waals surface area (Å²) in [6.45, 7) is 1.90. The molecule has 0 aliphatic carbocycles. The topological polar surface area (TPSA) is 106 Å². The largest absolute Gasteiger partial charge is 0.478 e. The minimum Gasteiger partial charge on any atom is -0.478 e. The van der Waals surface area contributed by atoms with Crippen LogP contribution >= 0.6 is 23.2 Å². The van der Waals surface area contributed by atoms with Crippen LogP contribution in [0, 0.1) is 0 Å². The van der Waals surface area contributed by atoms with Gasteiger partial charge in [0.15, 0.2) is 0 Å². The van der Waals surface area contributed by atoms with E-state index in [2.05, 4.69) is 15.1 Å². The van der Waals surface area contributed by atoms with E-state index in [0.29, 0.717) is 21.1 Å². The van der Waals surface area contributed by atoms with E-state index < -0.39 is 5.97 Å². The summed E-state index contributed by atoms with van der Waals surface area (Å²) in [4.78, 5) is 30.8. The van der Waals surface area contributed by atoms with Gasteiger partial charge in [-0.2, -0.15) is 5.10 Å². The molecule has 3 aromatic heterocycles. The van der Waals surface area contributed by atoms with Gasteiger partial charge in [-0.1, -0.05) is 23.2 Å². The van der Waals surface area contributed by atoms with Crippen LogP contribution in [0.25, 0.3) is 17.0 Å². The Morgan fingerprint density at radius 1 is 1.29 bits per heavy atom. The van der Waals surface area contributed by atoms with Gasteiger partial charge in [-0.3, -0.25) is 9.78 Å². The molecular weight excluding hydrogens is 405 g/mol. The number of aromatic amines is 1. The Balaban J connectivity index is 1.81. The van der Waals surface area contributed by atoms with E-state index >= 15 is 0 Å². The van der Waals surface area contributed by atoms with Crippen LogP contribution < -0.4 is 5.56 Å². The van der Waals surface area contributed by atoms with Gasteiger partial charge < -0.3 is 9.67 Å². The second-order valence-electron chi connectivity index (χ2n) is 6.17. The van der Waals surface area contributed by atoms with Gasteiger partial charge >= 0.3 is 5.97 Å². The first-order valence-corrected chi connectivity index (χ1v) is 8.95. The predicted molar refractivity (Wildman–Crippen MR) is 105 cm³/mol. The summed E-state index contributed by atoms with van der Waals surface area (Å²) < 4.78 is 2.97. The van der Waals surface area contributed by atoms with Gasteiger partial charge in [0.2, 0.25) is 5.95 Å². The zero-order valence-corrected chi connectivity index (χ0v) is 15.9. The van der Waals surface area contributed by atoms with Crippen LogP contribution in [0.4, 0.5) is 0 Å². The molecule has 0 bridgehead atoms. The molecule has 0 fully saturated rings. The number of carboxylic acid groups (broad SMARTS) is 1. The minimum absolute atomic E-state index is 0.00969. The van der Waals surface area contributed by atoms with E-state index in [1.165, 1.54) is 17.1 Å². The van der Waals surface area contributed by atoms with Crippen molar-refractivity contribution >= 4 is 40.2 Å². The van der Waals surface area contributed by atoms with Crippen molar-refractivity contribution < 1.29 is 9.90 Å². The van der Waals surface area contributed by atoms with Crippen molar-refractivity contribution in [1.29, 1.82) is 0 Å². The molecule has 2 N–H and O–H groups in total. The number of nitrogens with zero attached hydrogens (tertiary/aromatic N) is 4. The zero-order chi connectivity index (χ0) is 20.0. The number of carboxylic acids is 1. The number of fused-ring (bicyclic) bond motifs is 1. The van der Waals surface area contributed by atoms with Gasteiger partial charge in [0.25, 0.3) is 5.56 Å². The maximum atomic E-state index is 12.8. The molecule has 0 unspecified atom stereocenters. The summed E-state index contributed by atoms with van der Waals surface area (Å²) in [7, 11) is 0. The number of rotatable bonds is 4. The molecule has 0 saturated carbocycles. The fraction of sp³-hybridized carbons (Fsp3) is 0.111. The Morgan fingerprint density at radius 3 is 2.79 bits per heavy atom. The lowest BCUT2D eigenvalue weighted by molar-refractivity contribution is 0.0697. The molecule has 0 spiro atoms. The monoisotopic (exact) mass is 417 g/mol. The lowest BCUT2D eigenvalue weighted by atomic mass is 10.1. The van der Waals surface area contributed by atoms with Crippen molar-refractivity contribution in [3.05, 3.63) is 74.4 Å². The van der Waals surface area contributed by atoms with Crippen LogP contribution in [0.15, 0.2) is 47.7 Å². The molecule has 4 rings (SSSR count). The Hall–Kier alpha value is -3.10. The van der Waals surface area contributed by atoms with Crippen molar-refractivity contribution in [1.82, 2.24) is 24.3 Å². The number of hydrogen-bond donors (Lipinski definition) is 2. The van der Waals surface area contributed by atoms with Gasteiger partial charge in [-0.15, -0.1) is 0 Å². The highest BCUT2D eigenvalue weighted by molar-refractivity contribution is 6.33. The van der Waals surface area contributed by atoms with Gasteiger partial charge in [-0.25, -0.2) is 14.5 Å².